The van der Waals surface area contributed by atoms with Gasteiger partial charge in [-0.1, -0.05) is 12.1 Å². The fourth-order valence-corrected chi connectivity index (χ4v) is 3.84. The van der Waals surface area contributed by atoms with E-state index < -0.39 is 21.7 Å². The van der Waals surface area contributed by atoms with Crippen molar-refractivity contribution in [2.45, 2.75) is 18.4 Å². The van der Waals surface area contributed by atoms with E-state index in [1.165, 1.54) is 31.4 Å². The van der Waals surface area contributed by atoms with Gasteiger partial charge in [0.15, 0.2) is 0 Å². The molecule has 156 valence electrons. The van der Waals surface area contributed by atoms with Gasteiger partial charge in [-0.25, -0.2) is 17.8 Å². The predicted molar refractivity (Wildman–Crippen MR) is 110 cm³/mol. The third kappa shape index (κ3) is 4.93. The molecule has 0 bridgehead atoms. The number of sulfonamides is 1. The minimum atomic E-state index is -3.96. The number of rotatable bonds is 7. The van der Waals surface area contributed by atoms with E-state index in [1.807, 2.05) is 0 Å². The highest BCUT2D eigenvalue weighted by Gasteiger charge is 2.18. The molecule has 0 atom stereocenters. The molecular weight excluding hydrogens is 409 g/mol. The number of anilines is 1. The maximum Gasteiger partial charge on any atom is 0.261 e. The van der Waals surface area contributed by atoms with Crippen molar-refractivity contribution >= 4 is 21.6 Å². The highest BCUT2D eigenvalue weighted by Crippen LogP contribution is 2.20. The van der Waals surface area contributed by atoms with Crippen molar-refractivity contribution in [3.05, 3.63) is 83.3 Å². The van der Waals surface area contributed by atoms with Gasteiger partial charge in [0.25, 0.3) is 15.9 Å². The first-order chi connectivity index (χ1) is 14.3. The molecule has 0 saturated carbocycles. The first-order valence-electron chi connectivity index (χ1n) is 8.95. The second-order valence-electron chi connectivity index (χ2n) is 6.44. The number of nitrogens with zero attached hydrogens (tertiary/aromatic N) is 1. The number of ether oxygens (including phenoxy) is 1. The maximum absolute atomic E-state index is 13.0. The number of amides is 1. The Hall–Kier alpha value is -3.46. The third-order valence-corrected chi connectivity index (χ3v) is 5.72. The van der Waals surface area contributed by atoms with Gasteiger partial charge < -0.3 is 10.1 Å². The summed E-state index contributed by atoms with van der Waals surface area (Å²) in [4.78, 5) is 16.7. The van der Waals surface area contributed by atoms with E-state index in [9.17, 15) is 17.6 Å². The molecule has 0 aliphatic carbocycles. The molecule has 0 unspecified atom stereocenters. The SMILES string of the molecule is COc1ncccc1CNC(=O)c1cc(S(=O)(=O)Nc2ccc(F)cc2)ccc1C. The van der Waals surface area contributed by atoms with Crippen LogP contribution in [0.5, 0.6) is 5.88 Å². The van der Waals surface area contributed by atoms with Gasteiger partial charge in [-0.05, 0) is 55.0 Å². The fraction of sp³-hybridized carbons (Fsp3) is 0.143. The van der Waals surface area contributed by atoms with Crippen molar-refractivity contribution < 1.29 is 22.3 Å². The number of nitrogens with one attached hydrogen (secondary N) is 2. The highest BCUT2D eigenvalue weighted by molar-refractivity contribution is 7.92. The summed E-state index contributed by atoms with van der Waals surface area (Å²) in [7, 11) is -2.47. The number of hydrogen-bond acceptors (Lipinski definition) is 5. The van der Waals surface area contributed by atoms with Crippen LogP contribution in [0.3, 0.4) is 0 Å². The van der Waals surface area contributed by atoms with Gasteiger partial charge >= 0.3 is 0 Å². The summed E-state index contributed by atoms with van der Waals surface area (Å²) in [5.41, 5.74) is 1.74. The average Bonchev–Trinajstić information content (AvgIpc) is 2.74. The molecule has 1 amide bonds. The number of benzene rings is 2. The molecule has 2 aromatic carbocycles. The zero-order chi connectivity index (χ0) is 21.7. The average molecular weight is 429 g/mol. The molecule has 3 rings (SSSR count). The molecule has 1 aromatic heterocycles. The molecule has 0 radical (unpaired) electrons. The second kappa shape index (κ2) is 8.91. The molecule has 0 aliphatic rings. The van der Waals surface area contributed by atoms with Gasteiger partial charge in [-0.2, -0.15) is 0 Å². The van der Waals surface area contributed by atoms with Gasteiger partial charge in [-0.3, -0.25) is 9.52 Å². The molecule has 0 saturated heterocycles. The third-order valence-electron chi connectivity index (χ3n) is 4.34. The highest BCUT2D eigenvalue weighted by atomic mass is 32.2. The van der Waals surface area contributed by atoms with E-state index in [4.69, 9.17) is 4.74 Å². The van der Waals surface area contributed by atoms with Crippen LogP contribution < -0.4 is 14.8 Å². The number of methoxy groups -OCH3 is 1. The first-order valence-corrected chi connectivity index (χ1v) is 10.4. The molecule has 9 heteroatoms. The van der Waals surface area contributed by atoms with Crippen LogP contribution in [-0.2, 0) is 16.6 Å². The van der Waals surface area contributed by atoms with Crippen LogP contribution in [-0.4, -0.2) is 26.4 Å². The predicted octanol–water partition coefficient (Wildman–Crippen LogP) is 3.27. The Bertz CT molecular complexity index is 1170. The van der Waals surface area contributed by atoms with Gasteiger partial charge in [0.1, 0.15) is 5.82 Å². The molecule has 0 spiro atoms. The second-order valence-corrected chi connectivity index (χ2v) is 8.13. The lowest BCUT2D eigenvalue weighted by Crippen LogP contribution is -2.24. The van der Waals surface area contributed by atoms with E-state index in [0.29, 0.717) is 17.0 Å². The van der Waals surface area contributed by atoms with E-state index in [0.717, 1.165) is 12.1 Å². The van der Waals surface area contributed by atoms with Gasteiger partial charge in [-0.15, -0.1) is 0 Å². The van der Waals surface area contributed by atoms with E-state index in [2.05, 4.69) is 15.0 Å². The summed E-state index contributed by atoms with van der Waals surface area (Å²) in [6.07, 6.45) is 1.58. The molecule has 3 aromatic rings. The summed E-state index contributed by atoms with van der Waals surface area (Å²) in [6.45, 7) is 1.88. The summed E-state index contributed by atoms with van der Waals surface area (Å²) in [6, 6.07) is 12.7. The minimum absolute atomic E-state index is 0.0819. The van der Waals surface area contributed by atoms with Crippen LogP contribution in [0.2, 0.25) is 0 Å². The number of aryl methyl sites for hydroxylation is 1. The standard InChI is InChI=1S/C21H20FN3O4S/c1-14-5-10-18(30(27,28)25-17-8-6-16(22)7-9-17)12-19(14)20(26)24-13-15-4-3-11-23-21(15)29-2/h3-12,25H,13H2,1-2H3,(H,24,26). The van der Waals surface area contributed by atoms with Crippen LogP contribution in [0.15, 0.2) is 65.7 Å². The Kier molecular flexibility index (Phi) is 6.31. The smallest absolute Gasteiger partial charge is 0.261 e. The topological polar surface area (TPSA) is 97.4 Å². The van der Waals surface area contributed by atoms with Gasteiger partial charge in [0, 0.05) is 29.6 Å². The van der Waals surface area contributed by atoms with Crippen molar-refractivity contribution in [1.29, 1.82) is 0 Å². The quantitative estimate of drug-likeness (QED) is 0.601. The van der Waals surface area contributed by atoms with Crippen LogP contribution in [0.1, 0.15) is 21.5 Å². The lowest BCUT2D eigenvalue weighted by atomic mass is 10.1. The van der Waals surface area contributed by atoms with E-state index >= 15 is 0 Å². The summed E-state index contributed by atoms with van der Waals surface area (Å²) in [5, 5.41) is 2.75. The van der Waals surface area contributed by atoms with Crippen molar-refractivity contribution in [2.75, 3.05) is 11.8 Å². The molecule has 1 heterocycles. The Balaban J connectivity index is 1.80. The van der Waals surface area contributed by atoms with Crippen LogP contribution in [0, 0.1) is 12.7 Å². The Morgan fingerprint density at radius 3 is 2.57 bits per heavy atom. The molecule has 7 nitrogen and oxygen atoms in total. The van der Waals surface area contributed by atoms with Gasteiger partial charge in [0.2, 0.25) is 5.88 Å². The van der Waals surface area contributed by atoms with Crippen LogP contribution in [0.4, 0.5) is 10.1 Å². The Labute approximate surface area is 174 Å². The number of pyridine rings is 1. The zero-order valence-corrected chi connectivity index (χ0v) is 17.2. The number of aromatic nitrogens is 1. The van der Waals surface area contributed by atoms with Crippen molar-refractivity contribution in [3.8, 4) is 5.88 Å². The number of carbonyl (C=O) groups excluding carboxylic acids is 1. The molecule has 2 N–H and O–H groups in total. The Morgan fingerprint density at radius 2 is 1.87 bits per heavy atom. The first kappa shape index (κ1) is 21.3. The molecule has 0 aliphatic heterocycles. The van der Waals surface area contributed by atoms with Crippen molar-refractivity contribution in [2.24, 2.45) is 0 Å². The Morgan fingerprint density at radius 1 is 1.13 bits per heavy atom. The number of halogens is 1. The molecular formula is C21H20FN3O4S. The summed E-state index contributed by atoms with van der Waals surface area (Å²) < 4.78 is 45.9. The number of hydrogen-bond donors (Lipinski definition) is 2. The minimum Gasteiger partial charge on any atom is -0.481 e. The maximum atomic E-state index is 13.0. The van der Waals surface area contributed by atoms with E-state index in [1.54, 1.807) is 31.3 Å². The summed E-state index contributed by atoms with van der Waals surface area (Å²) >= 11 is 0. The molecule has 0 fully saturated rings. The number of carbonyl (C=O) groups is 1. The normalized spacial score (nSPS) is 11.0. The fourth-order valence-electron chi connectivity index (χ4n) is 2.76. The lowest BCUT2D eigenvalue weighted by molar-refractivity contribution is 0.0950. The van der Waals surface area contributed by atoms with Gasteiger partial charge in [0.05, 0.1) is 12.0 Å². The van der Waals surface area contributed by atoms with E-state index in [-0.39, 0.29) is 22.7 Å². The van der Waals surface area contributed by atoms with Crippen LogP contribution >= 0.6 is 0 Å². The largest absolute Gasteiger partial charge is 0.481 e. The van der Waals surface area contributed by atoms with Crippen molar-refractivity contribution in [3.63, 3.8) is 0 Å². The van der Waals surface area contributed by atoms with Crippen molar-refractivity contribution in [1.82, 2.24) is 10.3 Å². The zero-order valence-electron chi connectivity index (χ0n) is 16.3. The lowest BCUT2D eigenvalue weighted by Gasteiger charge is -2.12. The monoisotopic (exact) mass is 429 g/mol. The summed E-state index contributed by atoms with van der Waals surface area (Å²) in [5.74, 6) is -0.510. The molecule has 30 heavy (non-hydrogen) atoms. The van der Waals surface area contributed by atoms with Crippen LogP contribution in [0.25, 0.3) is 0 Å².